The first-order valence-electron chi connectivity index (χ1n) is 4.25. The summed E-state index contributed by atoms with van der Waals surface area (Å²) < 4.78 is 0. The molecule has 68 valence electrons. The molecule has 0 amide bonds. The first kappa shape index (κ1) is 8.04. The minimum absolute atomic E-state index is 0.872. The second kappa shape index (κ2) is 3.05. The van der Waals surface area contributed by atoms with Gasteiger partial charge in [0.05, 0.1) is 5.69 Å². The number of hydrogen-bond donors (Lipinski definition) is 1. The van der Waals surface area contributed by atoms with Crippen molar-refractivity contribution in [1.29, 1.82) is 0 Å². The lowest BCUT2D eigenvalue weighted by molar-refractivity contribution is 0.854. The number of fused-ring (bicyclic) bond motifs is 1. The van der Waals surface area contributed by atoms with E-state index in [0.717, 1.165) is 30.3 Å². The normalized spacial score (nSPS) is 14.7. The monoisotopic (exact) mass is 176 g/mol. The summed E-state index contributed by atoms with van der Waals surface area (Å²) in [4.78, 5) is 10.5. The Labute approximate surface area is 77.3 Å². The van der Waals surface area contributed by atoms with Crippen LogP contribution in [-0.4, -0.2) is 30.1 Å². The number of anilines is 2. The van der Waals surface area contributed by atoms with Gasteiger partial charge in [-0.2, -0.15) is 0 Å². The van der Waals surface area contributed by atoms with Crippen LogP contribution in [0, 0.1) is 0 Å². The van der Waals surface area contributed by atoms with E-state index in [0.29, 0.717) is 0 Å². The number of likely N-dealkylation sites (N-methyl/N-ethyl adjacent to an activating group) is 1. The summed E-state index contributed by atoms with van der Waals surface area (Å²) in [5.74, 6) is 0.955. The maximum atomic E-state index is 4.21. The third-order valence-electron chi connectivity index (χ3n) is 2.16. The zero-order chi connectivity index (χ0) is 9.26. The molecule has 0 saturated heterocycles. The van der Waals surface area contributed by atoms with E-state index in [1.165, 1.54) is 0 Å². The van der Waals surface area contributed by atoms with Gasteiger partial charge in [0.2, 0.25) is 0 Å². The number of aromatic nitrogens is 2. The molecule has 1 N–H and O–H groups in total. The third kappa shape index (κ3) is 1.24. The van der Waals surface area contributed by atoms with Crippen LogP contribution >= 0.6 is 0 Å². The van der Waals surface area contributed by atoms with Gasteiger partial charge in [0.1, 0.15) is 12.0 Å². The lowest BCUT2D eigenvalue weighted by Gasteiger charge is -2.27. The maximum Gasteiger partial charge on any atom is 0.155 e. The highest BCUT2D eigenvalue weighted by Crippen LogP contribution is 2.27. The fourth-order valence-electron chi connectivity index (χ4n) is 1.46. The maximum absolute atomic E-state index is 4.21. The SMILES string of the molecule is C=Cc1ncnc2c1NCCN2C. The molecule has 1 aromatic rings. The average molecular weight is 176 g/mol. The Hall–Kier alpha value is -1.58. The van der Waals surface area contributed by atoms with Crippen molar-refractivity contribution < 1.29 is 0 Å². The topological polar surface area (TPSA) is 41.1 Å². The van der Waals surface area contributed by atoms with Crippen molar-refractivity contribution in [1.82, 2.24) is 9.97 Å². The lowest BCUT2D eigenvalue weighted by atomic mass is 10.2. The minimum atomic E-state index is 0.872. The van der Waals surface area contributed by atoms with Gasteiger partial charge in [-0.05, 0) is 6.08 Å². The molecule has 0 aromatic carbocycles. The fraction of sp³-hybridized carbons (Fsp3) is 0.333. The van der Waals surface area contributed by atoms with Crippen molar-refractivity contribution in [2.45, 2.75) is 0 Å². The first-order valence-corrected chi connectivity index (χ1v) is 4.25. The van der Waals surface area contributed by atoms with Crippen LogP contribution in [0.5, 0.6) is 0 Å². The summed E-state index contributed by atoms with van der Waals surface area (Å²) in [7, 11) is 2.03. The zero-order valence-corrected chi connectivity index (χ0v) is 7.62. The molecule has 1 aromatic heterocycles. The fourth-order valence-corrected chi connectivity index (χ4v) is 1.46. The molecule has 0 unspecified atom stereocenters. The molecule has 13 heavy (non-hydrogen) atoms. The molecule has 0 atom stereocenters. The predicted molar refractivity (Wildman–Crippen MR) is 53.9 cm³/mol. The molecule has 0 fully saturated rings. The number of nitrogens with zero attached hydrogens (tertiary/aromatic N) is 3. The van der Waals surface area contributed by atoms with Crippen molar-refractivity contribution in [3.63, 3.8) is 0 Å². The molecular weight excluding hydrogens is 164 g/mol. The molecule has 0 aliphatic carbocycles. The standard InChI is InChI=1S/C9H12N4/c1-3-7-8-9(12-6-11-7)13(2)5-4-10-8/h3,6,10H,1,4-5H2,2H3. The van der Waals surface area contributed by atoms with Gasteiger partial charge >= 0.3 is 0 Å². The van der Waals surface area contributed by atoms with Crippen molar-refractivity contribution in [2.75, 3.05) is 30.4 Å². The van der Waals surface area contributed by atoms with Crippen molar-refractivity contribution in [3.8, 4) is 0 Å². The van der Waals surface area contributed by atoms with Gasteiger partial charge in [-0.15, -0.1) is 0 Å². The Morgan fingerprint density at radius 2 is 2.46 bits per heavy atom. The van der Waals surface area contributed by atoms with E-state index >= 15 is 0 Å². The Bertz CT molecular complexity index is 334. The zero-order valence-electron chi connectivity index (χ0n) is 7.62. The summed E-state index contributed by atoms with van der Waals surface area (Å²) in [5, 5.41) is 3.27. The van der Waals surface area contributed by atoms with Crippen LogP contribution in [0.25, 0.3) is 6.08 Å². The average Bonchev–Trinajstić information content (AvgIpc) is 2.18. The highest BCUT2D eigenvalue weighted by atomic mass is 15.2. The molecule has 4 heteroatoms. The summed E-state index contributed by atoms with van der Waals surface area (Å²) >= 11 is 0. The Kier molecular flexibility index (Phi) is 1.88. The van der Waals surface area contributed by atoms with Crippen LogP contribution in [0.1, 0.15) is 5.69 Å². The first-order chi connectivity index (χ1) is 6.33. The largest absolute Gasteiger partial charge is 0.379 e. The van der Waals surface area contributed by atoms with Gasteiger partial charge in [-0.1, -0.05) is 6.58 Å². The smallest absolute Gasteiger partial charge is 0.155 e. The van der Waals surface area contributed by atoms with E-state index in [4.69, 9.17) is 0 Å². The molecule has 1 aliphatic rings. The van der Waals surface area contributed by atoms with Crippen molar-refractivity contribution >= 4 is 17.6 Å². The van der Waals surface area contributed by atoms with E-state index in [9.17, 15) is 0 Å². The van der Waals surface area contributed by atoms with Crippen LogP contribution in [0.15, 0.2) is 12.9 Å². The molecule has 1 aliphatic heterocycles. The van der Waals surface area contributed by atoms with Crippen LogP contribution in [0.3, 0.4) is 0 Å². The van der Waals surface area contributed by atoms with E-state index < -0.39 is 0 Å². The Morgan fingerprint density at radius 1 is 1.62 bits per heavy atom. The highest BCUT2D eigenvalue weighted by molar-refractivity contribution is 5.75. The van der Waals surface area contributed by atoms with Crippen LogP contribution in [0.2, 0.25) is 0 Å². The van der Waals surface area contributed by atoms with Crippen LogP contribution in [-0.2, 0) is 0 Å². The summed E-state index contributed by atoms with van der Waals surface area (Å²) in [6, 6.07) is 0. The second-order valence-corrected chi connectivity index (χ2v) is 3.01. The van der Waals surface area contributed by atoms with Gasteiger partial charge < -0.3 is 10.2 Å². The quantitative estimate of drug-likeness (QED) is 0.692. The molecule has 0 saturated carbocycles. The summed E-state index contributed by atoms with van der Waals surface area (Å²) in [6.45, 7) is 5.62. The van der Waals surface area contributed by atoms with Crippen molar-refractivity contribution in [2.24, 2.45) is 0 Å². The van der Waals surface area contributed by atoms with E-state index in [2.05, 4.69) is 26.8 Å². The van der Waals surface area contributed by atoms with Gasteiger partial charge in [-0.25, -0.2) is 9.97 Å². The number of nitrogens with one attached hydrogen (secondary N) is 1. The molecule has 2 rings (SSSR count). The molecule has 0 spiro atoms. The van der Waals surface area contributed by atoms with Crippen LogP contribution < -0.4 is 10.2 Å². The Balaban J connectivity index is 2.54. The van der Waals surface area contributed by atoms with Crippen molar-refractivity contribution in [3.05, 3.63) is 18.6 Å². The molecule has 4 nitrogen and oxygen atoms in total. The number of rotatable bonds is 1. The Morgan fingerprint density at radius 3 is 3.23 bits per heavy atom. The molecule has 0 radical (unpaired) electrons. The van der Waals surface area contributed by atoms with E-state index in [1.807, 2.05) is 7.05 Å². The van der Waals surface area contributed by atoms with E-state index in [1.54, 1.807) is 12.4 Å². The highest BCUT2D eigenvalue weighted by Gasteiger charge is 2.16. The summed E-state index contributed by atoms with van der Waals surface area (Å²) in [6.07, 6.45) is 3.31. The second-order valence-electron chi connectivity index (χ2n) is 3.01. The third-order valence-corrected chi connectivity index (χ3v) is 2.16. The van der Waals surface area contributed by atoms with Gasteiger partial charge in [0.25, 0.3) is 0 Å². The van der Waals surface area contributed by atoms with Crippen LogP contribution in [0.4, 0.5) is 11.5 Å². The van der Waals surface area contributed by atoms with Gasteiger partial charge in [-0.3, -0.25) is 0 Å². The van der Waals surface area contributed by atoms with Gasteiger partial charge in [0.15, 0.2) is 5.82 Å². The predicted octanol–water partition coefficient (Wildman–Crippen LogP) is 0.981. The summed E-state index contributed by atoms with van der Waals surface area (Å²) in [5.41, 5.74) is 1.86. The lowest BCUT2D eigenvalue weighted by Crippen LogP contribution is -2.31. The minimum Gasteiger partial charge on any atom is -0.379 e. The van der Waals surface area contributed by atoms with E-state index in [-0.39, 0.29) is 0 Å². The molecule has 0 bridgehead atoms. The molecule has 2 heterocycles. The van der Waals surface area contributed by atoms with Gasteiger partial charge in [0, 0.05) is 20.1 Å². The number of hydrogen-bond acceptors (Lipinski definition) is 4. The molecular formula is C9H12N4.